The fourth-order valence-electron chi connectivity index (χ4n) is 9.00. The van der Waals surface area contributed by atoms with Crippen LogP contribution in [-0.4, -0.2) is 24.9 Å². The third kappa shape index (κ3) is 5.60. The Kier molecular flexibility index (Phi) is 7.56. The molecule has 0 spiro atoms. The molecule has 3 aliphatic carbocycles. The van der Waals surface area contributed by atoms with Crippen LogP contribution in [0, 0.1) is 0 Å². The van der Waals surface area contributed by atoms with Crippen molar-refractivity contribution < 1.29 is 4.42 Å². The number of benzene rings is 7. The highest BCUT2D eigenvalue weighted by atomic mass is 16.3. The van der Waals surface area contributed by atoms with Crippen molar-refractivity contribution >= 4 is 11.0 Å². The van der Waals surface area contributed by atoms with Crippen molar-refractivity contribution in [3.8, 4) is 68.3 Å². The van der Waals surface area contributed by atoms with Crippen LogP contribution < -0.4 is 0 Å². The van der Waals surface area contributed by atoms with Gasteiger partial charge in [0, 0.05) is 45.0 Å². The van der Waals surface area contributed by atoms with Gasteiger partial charge in [0.15, 0.2) is 29.1 Å². The summed E-state index contributed by atoms with van der Waals surface area (Å²) in [6, 6.07) is 65.2. The number of rotatable bonds is 6. The molecule has 6 nitrogen and oxygen atoms in total. The molecule has 59 heavy (non-hydrogen) atoms. The maximum Gasteiger partial charge on any atom is 0.164 e. The number of fused-ring (bicyclic) bond motifs is 1. The van der Waals surface area contributed by atoms with Crippen LogP contribution in [0.15, 0.2) is 192 Å². The van der Waals surface area contributed by atoms with E-state index in [-0.39, 0.29) is 11.8 Å². The SMILES string of the molecule is c1ccc(-c2nc(-c3ccc4c(c3)C3c5ccccc5C4c4cc(-c5nc(-c6ccccc6)nc(-c6ccccc6)n5)ccc43)cc(-c3cc4ccccc4o3)n2)cc1. The lowest BCUT2D eigenvalue weighted by molar-refractivity contribution is 0.628. The van der Waals surface area contributed by atoms with Gasteiger partial charge in [-0.05, 0) is 63.7 Å². The van der Waals surface area contributed by atoms with E-state index >= 15 is 0 Å². The predicted octanol–water partition coefficient (Wildman–Crippen LogP) is 12.4. The highest BCUT2D eigenvalue weighted by molar-refractivity contribution is 5.83. The lowest BCUT2D eigenvalue weighted by Gasteiger charge is -2.42. The summed E-state index contributed by atoms with van der Waals surface area (Å²) in [5.74, 6) is 3.44. The Bertz CT molecular complexity index is 3140. The molecule has 6 heteroatoms. The second kappa shape index (κ2) is 13.4. The van der Waals surface area contributed by atoms with E-state index in [9.17, 15) is 0 Å². The first kappa shape index (κ1) is 33.3. The average Bonchev–Trinajstić information content (AvgIpc) is 3.76. The minimum absolute atomic E-state index is 0.0515. The van der Waals surface area contributed by atoms with E-state index in [4.69, 9.17) is 29.3 Å². The minimum Gasteiger partial charge on any atom is -0.454 e. The number of hydrogen-bond acceptors (Lipinski definition) is 6. The molecule has 2 unspecified atom stereocenters. The first-order valence-corrected chi connectivity index (χ1v) is 19.9. The Morgan fingerprint density at radius 3 is 1.32 bits per heavy atom. The molecule has 0 radical (unpaired) electrons. The first-order chi connectivity index (χ1) is 29.2. The number of furan rings is 1. The summed E-state index contributed by atoms with van der Waals surface area (Å²) >= 11 is 0. The number of nitrogens with zero attached hydrogens (tertiary/aromatic N) is 5. The first-order valence-electron chi connectivity index (χ1n) is 19.9. The molecule has 7 aromatic carbocycles. The van der Waals surface area contributed by atoms with Crippen LogP contribution in [-0.2, 0) is 0 Å². The van der Waals surface area contributed by atoms with E-state index in [1.165, 1.54) is 33.4 Å². The molecule has 2 atom stereocenters. The van der Waals surface area contributed by atoms with Gasteiger partial charge in [0.1, 0.15) is 11.3 Å². The minimum atomic E-state index is 0.0515. The molecular formula is C53H33N5O. The summed E-state index contributed by atoms with van der Waals surface area (Å²) < 4.78 is 6.34. The molecule has 0 aliphatic heterocycles. The van der Waals surface area contributed by atoms with Gasteiger partial charge in [-0.2, -0.15) is 0 Å². The zero-order valence-corrected chi connectivity index (χ0v) is 31.7. The van der Waals surface area contributed by atoms with Crippen LogP contribution in [0.1, 0.15) is 45.2 Å². The van der Waals surface area contributed by atoms with Gasteiger partial charge in [0.2, 0.25) is 0 Å². The highest BCUT2D eigenvalue weighted by Crippen LogP contribution is 2.56. The predicted molar refractivity (Wildman–Crippen MR) is 233 cm³/mol. The Morgan fingerprint density at radius 2 is 0.746 bits per heavy atom. The molecule has 0 saturated heterocycles. The lowest BCUT2D eigenvalue weighted by Crippen LogP contribution is -2.27. The van der Waals surface area contributed by atoms with Gasteiger partial charge in [-0.15, -0.1) is 0 Å². The molecule has 13 rings (SSSR count). The molecule has 3 aliphatic rings. The van der Waals surface area contributed by atoms with Gasteiger partial charge >= 0.3 is 0 Å². The highest BCUT2D eigenvalue weighted by Gasteiger charge is 2.41. The Balaban J connectivity index is 0.991. The van der Waals surface area contributed by atoms with Crippen molar-refractivity contribution in [3.05, 3.63) is 221 Å². The van der Waals surface area contributed by atoms with Crippen molar-refractivity contribution in [2.45, 2.75) is 11.8 Å². The van der Waals surface area contributed by atoms with Gasteiger partial charge in [0.05, 0.1) is 5.69 Å². The zero-order chi connectivity index (χ0) is 38.9. The van der Waals surface area contributed by atoms with Crippen LogP contribution in [0.4, 0.5) is 0 Å². The van der Waals surface area contributed by atoms with Crippen LogP contribution in [0.2, 0.25) is 0 Å². The lowest BCUT2D eigenvalue weighted by atomic mass is 9.60. The molecule has 3 heterocycles. The van der Waals surface area contributed by atoms with Crippen molar-refractivity contribution in [2.75, 3.05) is 0 Å². The molecule has 10 aromatic rings. The number of aromatic nitrogens is 5. The summed E-state index contributed by atoms with van der Waals surface area (Å²) in [7, 11) is 0. The largest absolute Gasteiger partial charge is 0.454 e. The van der Waals surface area contributed by atoms with Crippen LogP contribution in [0.3, 0.4) is 0 Å². The summed E-state index contributed by atoms with van der Waals surface area (Å²) in [4.78, 5) is 25.3. The van der Waals surface area contributed by atoms with E-state index in [0.29, 0.717) is 29.1 Å². The molecule has 0 N–H and O–H groups in total. The Labute approximate surface area is 340 Å². The van der Waals surface area contributed by atoms with Crippen molar-refractivity contribution in [1.82, 2.24) is 24.9 Å². The van der Waals surface area contributed by atoms with E-state index in [0.717, 1.165) is 50.2 Å². The second-order valence-corrected chi connectivity index (χ2v) is 15.2. The number of hydrogen-bond donors (Lipinski definition) is 0. The molecular weight excluding hydrogens is 723 g/mol. The van der Waals surface area contributed by atoms with Crippen LogP contribution in [0.25, 0.3) is 79.2 Å². The fraction of sp³-hybridized carbons (Fsp3) is 0.0377. The van der Waals surface area contributed by atoms with Crippen LogP contribution in [0.5, 0.6) is 0 Å². The van der Waals surface area contributed by atoms with Crippen LogP contribution >= 0.6 is 0 Å². The summed E-state index contributed by atoms with van der Waals surface area (Å²) in [6.07, 6.45) is 0. The third-order valence-electron chi connectivity index (χ3n) is 11.7. The average molecular weight is 756 g/mol. The van der Waals surface area contributed by atoms with Crippen molar-refractivity contribution in [3.63, 3.8) is 0 Å². The van der Waals surface area contributed by atoms with Gasteiger partial charge in [0.25, 0.3) is 0 Å². The summed E-state index contributed by atoms with van der Waals surface area (Å²) in [6.45, 7) is 0. The van der Waals surface area contributed by atoms with Gasteiger partial charge in [-0.3, -0.25) is 0 Å². The van der Waals surface area contributed by atoms with Gasteiger partial charge in [-0.25, -0.2) is 24.9 Å². The summed E-state index contributed by atoms with van der Waals surface area (Å²) in [5, 5.41) is 1.04. The Hall–Kier alpha value is -7.83. The summed E-state index contributed by atoms with van der Waals surface area (Å²) in [5.41, 5.74) is 15.2. The standard InChI is InChI=1S/C53H33N5O/c1-4-14-32(15-5-1)50-54-44(31-45(55-50)47-30-36-20-10-13-23-46(36)59-47)35-24-26-40-42(28-35)48-38-21-11-12-22-39(38)49(40)43-29-37(25-27-41(43)48)53-57-51(33-16-6-2-7-17-33)56-52(58-53)34-18-8-3-9-19-34/h1-31,48-49H. The quantitative estimate of drug-likeness (QED) is 0.168. The van der Waals surface area contributed by atoms with Gasteiger partial charge < -0.3 is 4.42 Å². The van der Waals surface area contributed by atoms with E-state index in [2.05, 4.69) is 91.0 Å². The maximum absolute atomic E-state index is 6.34. The number of para-hydroxylation sites is 1. The molecule has 2 bridgehead atoms. The molecule has 0 fully saturated rings. The van der Waals surface area contributed by atoms with E-state index in [1.54, 1.807) is 0 Å². The van der Waals surface area contributed by atoms with E-state index in [1.807, 2.05) is 97.1 Å². The third-order valence-corrected chi connectivity index (χ3v) is 11.7. The Morgan fingerprint density at radius 1 is 0.305 bits per heavy atom. The fourth-order valence-corrected chi connectivity index (χ4v) is 9.00. The molecule has 0 saturated carbocycles. The smallest absolute Gasteiger partial charge is 0.164 e. The zero-order valence-electron chi connectivity index (χ0n) is 31.7. The normalized spacial score (nSPS) is 14.8. The van der Waals surface area contributed by atoms with E-state index < -0.39 is 0 Å². The van der Waals surface area contributed by atoms with Crippen molar-refractivity contribution in [2.24, 2.45) is 0 Å². The molecule has 0 amide bonds. The molecule has 276 valence electrons. The monoisotopic (exact) mass is 755 g/mol. The van der Waals surface area contributed by atoms with Gasteiger partial charge in [-0.1, -0.05) is 158 Å². The van der Waals surface area contributed by atoms with Crippen molar-refractivity contribution in [1.29, 1.82) is 0 Å². The molecule has 3 aromatic heterocycles. The maximum atomic E-state index is 6.34. The second-order valence-electron chi connectivity index (χ2n) is 15.2. The topological polar surface area (TPSA) is 77.6 Å².